The minimum Gasteiger partial charge on any atom is -0.366 e. The van der Waals surface area contributed by atoms with Crippen LogP contribution in [0.2, 0.25) is 5.02 Å². The number of rotatable bonds is 1. The highest BCUT2D eigenvalue weighted by atomic mass is 35.5. The van der Waals surface area contributed by atoms with Crippen molar-refractivity contribution in [1.82, 2.24) is 15.1 Å². The van der Waals surface area contributed by atoms with Crippen LogP contribution in [0.25, 0.3) is 0 Å². The van der Waals surface area contributed by atoms with Crippen LogP contribution in [0.4, 0.5) is 5.69 Å². The Balaban J connectivity index is 2.12. The van der Waals surface area contributed by atoms with Crippen molar-refractivity contribution in [2.45, 2.75) is 0 Å². The lowest BCUT2D eigenvalue weighted by Crippen LogP contribution is -2.44. The van der Waals surface area contributed by atoms with Gasteiger partial charge in [0.25, 0.3) is 0 Å². The first kappa shape index (κ1) is 9.68. The zero-order valence-corrected chi connectivity index (χ0v) is 8.91. The minimum atomic E-state index is 0.685. The summed E-state index contributed by atoms with van der Waals surface area (Å²) in [5.74, 6) is 0. The lowest BCUT2D eigenvalue weighted by Gasteiger charge is -2.34. The standard InChI is InChI=1S/C9H13ClN4/c1-13-2-4-14(5-3-13)9-7-12-11-6-8(9)10/h6-7H,2-5H2,1H3. The van der Waals surface area contributed by atoms with E-state index in [2.05, 4.69) is 27.0 Å². The van der Waals surface area contributed by atoms with Gasteiger partial charge in [-0.05, 0) is 7.05 Å². The molecule has 76 valence electrons. The largest absolute Gasteiger partial charge is 0.366 e. The Kier molecular flexibility index (Phi) is 2.84. The normalized spacial score (nSPS) is 18.6. The molecule has 1 aromatic heterocycles. The molecule has 0 radical (unpaired) electrons. The number of hydrogen-bond acceptors (Lipinski definition) is 4. The van der Waals surface area contributed by atoms with Gasteiger partial charge in [0.15, 0.2) is 0 Å². The van der Waals surface area contributed by atoms with Gasteiger partial charge in [-0.15, -0.1) is 0 Å². The summed E-state index contributed by atoms with van der Waals surface area (Å²) < 4.78 is 0. The van der Waals surface area contributed by atoms with Crippen LogP contribution >= 0.6 is 11.6 Å². The van der Waals surface area contributed by atoms with Crippen molar-refractivity contribution in [2.24, 2.45) is 0 Å². The Morgan fingerprint density at radius 2 is 1.79 bits per heavy atom. The maximum absolute atomic E-state index is 6.04. The molecular weight excluding hydrogens is 200 g/mol. The van der Waals surface area contributed by atoms with E-state index >= 15 is 0 Å². The van der Waals surface area contributed by atoms with Gasteiger partial charge >= 0.3 is 0 Å². The third-order valence-electron chi connectivity index (χ3n) is 2.51. The zero-order valence-electron chi connectivity index (χ0n) is 8.15. The number of anilines is 1. The van der Waals surface area contributed by atoms with Crippen molar-refractivity contribution in [3.63, 3.8) is 0 Å². The maximum Gasteiger partial charge on any atom is 0.0857 e. The Morgan fingerprint density at radius 1 is 1.14 bits per heavy atom. The third kappa shape index (κ3) is 1.96. The number of likely N-dealkylation sites (N-methyl/N-ethyl adjacent to an activating group) is 1. The van der Waals surface area contributed by atoms with Crippen LogP contribution in [0.1, 0.15) is 0 Å². The molecule has 0 saturated carbocycles. The Morgan fingerprint density at radius 3 is 2.43 bits per heavy atom. The molecule has 1 saturated heterocycles. The highest BCUT2D eigenvalue weighted by Gasteiger charge is 2.16. The smallest absolute Gasteiger partial charge is 0.0857 e. The first-order valence-corrected chi connectivity index (χ1v) is 5.05. The zero-order chi connectivity index (χ0) is 9.97. The average Bonchev–Trinajstić information content (AvgIpc) is 2.20. The molecule has 0 aromatic carbocycles. The first-order valence-electron chi connectivity index (χ1n) is 4.67. The van der Waals surface area contributed by atoms with Crippen LogP contribution in [0.3, 0.4) is 0 Å². The summed E-state index contributed by atoms with van der Waals surface area (Å²) in [7, 11) is 2.13. The van der Waals surface area contributed by atoms with Crippen LogP contribution in [0.15, 0.2) is 12.4 Å². The summed E-state index contributed by atoms with van der Waals surface area (Å²) in [6.45, 7) is 4.14. The van der Waals surface area contributed by atoms with E-state index in [4.69, 9.17) is 11.6 Å². The van der Waals surface area contributed by atoms with Crippen LogP contribution in [-0.2, 0) is 0 Å². The fourth-order valence-electron chi connectivity index (χ4n) is 1.58. The second-order valence-corrected chi connectivity index (χ2v) is 3.92. The maximum atomic E-state index is 6.04. The first-order chi connectivity index (χ1) is 6.77. The van der Waals surface area contributed by atoms with Crippen molar-refractivity contribution in [2.75, 3.05) is 38.1 Å². The Hall–Kier alpha value is -0.870. The Bertz CT molecular complexity index is 309. The molecule has 14 heavy (non-hydrogen) atoms. The quantitative estimate of drug-likeness (QED) is 0.692. The van der Waals surface area contributed by atoms with Crippen molar-refractivity contribution < 1.29 is 0 Å². The molecule has 0 aliphatic carbocycles. The van der Waals surface area contributed by atoms with Crippen LogP contribution in [-0.4, -0.2) is 48.3 Å². The number of halogens is 1. The predicted octanol–water partition coefficient (Wildman–Crippen LogP) is 0.882. The van der Waals surface area contributed by atoms with Gasteiger partial charge in [0.05, 0.1) is 23.1 Å². The second-order valence-electron chi connectivity index (χ2n) is 3.51. The van der Waals surface area contributed by atoms with E-state index in [9.17, 15) is 0 Å². The third-order valence-corrected chi connectivity index (χ3v) is 2.80. The summed E-state index contributed by atoms with van der Waals surface area (Å²) in [5.41, 5.74) is 0.995. The average molecular weight is 213 g/mol. The van der Waals surface area contributed by atoms with E-state index in [1.165, 1.54) is 0 Å². The van der Waals surface area contributed by atoms with E-state index < -0.39 is 0 Å². The van der Waals surface area contributed by atoms with Crippen molar-refractivity contribution in [1.29, 1.82) is 0 Å². The van der Waals surface area contributed by atoms with Gasteiger partial charge < -0.3 is 9.80 Å². The van der Waals surface area contributed by atoms with E-state index in [0.29, 0.717) is 5.02 Å². The predicted molar refractivity (Wildman–Crippen MR) is 56.8 cm³/mol. The SMILES string of the molecule is CN1CCN(c2cnncc2Cl)CC1. The van der Waals surface area contributed by atoms with E-state index in [1.807, 2.05) is 0 Å². The van der Waals surface area contributed by atoms with Crippen molar-refractivity contribution >= 4 is 17.3 Å². The molecular formula is C9H13ClN4. The molecule has 2 rings (SSSR count). The van der Waals surface area contributed by atoms with Gasteiger partial charge in [0.1, 0.15) is 0 Å². The highest BCUT2D eigenvalue weighted by Crippen LogP contribution is 2.23. The monoisotopic (exact) mass is 212 g/mol. The van der Waals surface area contributed by atoms with Gasteiger partial charge in [-0.1, -0.05) is 11.6 Å². The molecule has 0 spiro atoms. The highest BCUT2D eigenvalue weighted by molar-refractivity contribution is 6.33. The summed E-state index contributed by atoms with van der Waals surface area (Å²) in [5, 5.41) is 8.27. The molecule has 0 amide bonds. The molecule has 1 aromatic rings. The van der Waals surface area contributed by atoms with E-state index in [0.717, 1.165) is 31.9 Å². The topological polar surface area (TPSA) is 32.3 Å². The molecule has 0 atom stereocenters. The van der Waals surface area contributed by atoms with E-state index in [1.54, 1.807) is 12.4 Å². The van der Waals surface area contributed by atoms with Crippen molar-refractivity contribution in [3.05, 3.63) is 17.4 Å². The molecule has 2 heterocycles. The molecule has 4 nitrogen and oxygen atoms in total. The van der Waals surface area contributed by atoms with Gasteiger partial charge in [-0.3, -0.25) is 0 Å². The van der Waals surface area contributed by atoms with Crippen LogP contribution < -0.4 is 4.90 Å². The van der Waals surface area contributed by atoms with Gasteiger partial charge in [-0.25, -0.2) is 0 Å². The fourth-order valence-corrected chi connectivity index (χ4v) is 1.79. The van der Waals surface area contributed by atoms with Gasteiger partial charge in [0, 0.05) is 26.2 Å². The van der Waals surface area contributed by atoms with Crippen molar-refractivity contribution in [3.8, 4) is 0 Å². The molecule has 5 heteroatoms. The number of piperazine rings is 1. The van der Waals surface area contributed by atoms with Gasteiger partial charge in [-0.2, -0.15) is 10.2 Å². The minimum absolute atomic E-state index is 0.685. The van der Waals surface area contributed by atoms with Crippen LogP contribution in [0, 0.1) is 0 Å². The Labute approximate surface area is 88.5 Å². The number of nitrogens with zero attached hydrogens (tertiary/aromatic N) is 4. The summed E-state index contributed by atoms with van der Waals surface area (Å²) >= 11 is 6.04. The molecule has 0 unspecified atom stereocenters. The second kappa shape index (κ2) is 4.11. The molecule has 0 bridgehead atoms. The summed E-state index contributed by atoms with van der Waals surface area (Å²) in [4.78, 5) is 4.55. The molecule has 0 N–H and O–H groups in total. The molecule has 1 fully saturated rings. The fraction of sp³-hybridized carbons (Fsp3) is 0.556. The van der Waals surface area contributed by atoms with Gasteiger partial charge in [0.2, 0.25) is 0 Å². The summed E-state index contributed by atoms with van der Waals surface area (Å²) in [6, 6.07) is 0. The van der Waals surface area contributed by atoms with Crippen LogP contribution in [0.5, 0.6) is 0 Å². The van der Waals surface area contributed by atoms with E-state index in [-0.39, 0.29) is 0 Å². The molecule has 1 aliphatic heterocycles. The molecule has 1 aliphatic rings. The summed E-state index contributed by atoms with van der Waals surface area (Å²) in [6.07, 6.45) is 3.32. The number of aromatic nitrogens is 2. The lowest BCUT2D eigenvalue weighted by atomic mass is 10.3. The lowest BCUT2D eigenvalue weighted by molar-refractivity contribution is 0.312. The number of hydrogen-bond donors (Lipinski definition) is 0.